The van der Waals surface area contributed by atoms with E-state index >= 15 is 0 Å². The van der Waals surface area contributed by atoms with E-state index in [1.165, 1.54) is 11.7 Å². The van der Waals surface area contributed by atoms with Gasteiger partial charge < -0.3 is 14.8 Å². The molecule has 1 aromatic carbocycles. The quantitative estimate of drug-likeness (QED) is 0.631. The van der Waals surface area contributed by atoms with E-state index in [0.717, 1.165) is 10.9 Å². The molecule has 8 heteroatoms. The van der Waals surface area contributed by atoms with Crippen molar-refractivity contribution < 1.29 is 15.0 Å². The summed E-state index contributed by atoms with van der Waals surface area (Å²) in [6.45, 7) is 1.62. The summed E-state index contributed by atoms with van der Waals surface area (Å²) in [6, 6.07) is 7.64. The van der Waals surface area contributed by atoms with Crippen molar-refractivity contribution in [1.82, 2.24) is 24.8 Å². The number of Topliss-reactive ketones (excluding diaryl/α,β-unsaturated/α-hetero) is 1. The van der Waals surface area contributed by atoms with Crippen molar-refractivity contribution in [3.05, 3.63) is 41.9 Å². The Morgan fingerprint density at radius 2 is 2.13 bits per heavy atom. The second-order valence-corrected chi connectivity index (χ2v) is 5.34. The summed E-state index contributed by atoms with van der Waals surface area (Å²) in [5.74, 6) is 0.466. The van der Waals surface area contributed by atoms with Crippen LogP contribution in [0.5, 0.6) is 0 Å². The fourth-order valence-corrected chi connectivity index (χ4v) is 2.47. The van der Waals surface area contributed by atoms with Gasteiger partial charge in [0.25, 0.3) is 0 Å². The molecule has 3 rings (SSSR count). The summed E-state index contributed by atoms with van der Waals surface area (Å²) in [7, 11) is 0. The highest BCUT2D eigenvalue weighted by Gasteiger charge is 2.14. The summed E-state index contributed by atoms with van der Waals surface area (Å²) in [4.78, 5) is 13.0. The Balaban J connectivity index is 1.89. The Labute approximate surface area is 132 Å². The van der Waals surface area contributed by atoms with Gasteiger partial charge >= 0.3 is 0 Å². The van der Waals surface area contributed by atoms with Crippen molar-refractivity contribution >= 4 is 16.7 Å². The van der Waals surface area contributed by atoms with Crippen molar-refractivity contribution in [3.8, 4) is 0 Å². The zero-order valence-corrected chi connectivity index (χ0v) is 12.6. The van der Waals surface area contributed by atoms with Gasteiger partial charge in [0.2, 0.25) is 0 Å². The Hall–Kier alpha value is -2.58. The van der Waals surface area contributed by atoms with Gasteiger partial charge in [0.05, 0.1) is 25.8 Å². The lowest BCUT2D eigenvalue weighted by Gasteiger charge is -2.04. The number of rotatable bonds is 6. The van der Waals surface area contributed by atoms with Gasteiger partial charge in [-0.2, -0.15) is 4.80 Å². The van der Waals surface area contributed by atoms with Gasteiger partial charge in [-0.05, 0) is 18.2 Å². The number of carbonyl (C=O) groups excluding carboxylic acids is 1. The molecule has 0 aliphatic rings. The minimum atomic E-state index is -0.922. The lowest BCUT2D eigenvalue weighted by atomic mass is 10.1. The normalized spacial score (nSPS) is 12.7. The fourth-order valence-electron chi connectivity index (χ4n) is 2.47. The molecular weight excluding hydrogens is 298 g/mol. The van der Waals surface area contributed by atoms with Gasteiger partial charge in [0, 0.05) is 22.7 Å². The van der Waals surface area contributed by atoms with Gasteiger partial charge in [0.1, 0.15) is 0 Å². The molecule has 2 N–H and O–H groups in total. The third-order valence-corrected chi connectivity index (χ3v) is 3.56. The lowest BCUT2D eigenvalue weighted by molar-refractivity contribution is 0.0741. The van der Waals surface area contributed by atoms with E-state index in [1.54, 1.807) is 6.20 Å². The number of aliphatic hydroxyl groups excluding tert-OH is 2. The molecule has 23 heavy (non-hydrogen) atoms. The first-order chi connectivity index (χ1) is 11.1. The number of aromatic nitrogens is 5. The van der Waals surface area contributed by atoms with Crippen LogP contribution in [0, 0.1) is 0 Å². The predicted octanol–water partition coefficient (Wildman–Crippen LogP) is 0.232. The van der Waals surface area contributed by atoms with Crippen molar-refractivity contribution in [3.63, 3.8) is 0 Å². The number of hydrogen-bond donors (Lipinski definition) is 2. The molecule has 0 aliphatic heterocycles. The molecule has 1 atom stereocenters. The first kappa shape index (κ1) is 15.3. The molecular formula is C15H17N5O3. The summed E-state index contributed by atoms with van der Waals surface area (Å²) < 4.78 is 1.90. The number of hydrogen-bond acceptors (Lipinski definition) is 6. The van der Waals surface area contributed by atoms with Crippen molar-refractivity contribution in [2.45, 2.75) is 26.1 Å². The number of ketones is 1. The molecule has 0 radical (unpaired) electrons. The maximum atomic E-state index is 11.8. The Kier molecular flexibility index (Phi) is 4.18. The Morgan fingerprint density at radius 3 is 2.87 bits per heavy atom. The lowest BCUT2D eigenvalue weighted by Crippen LogP contribution is -2.21. The molecule has 120 valence electrons. The second-order valence-electron chi connectivity index (χ2n) is 5.34. The van der Waals surface area contributed by atoms with E-state index in [9.17, 15) is 9.90 Å². The Morgan fingerprint density at radius 1 is 1.35 bits per heavy atom. The minimum Gasteiger partial charge on any atom is -0.394 e. The topological polar surface area (TPSA) is 106 Å². The molecule has 0 saturated carbocycles. The van der Waals surface area contributed by atoms with Crippen molar-refractivity contribution in [1.29, 1.82) is 0 Å². The van der Waals surface area contributed by atoms with E-state index in [1.807, 2.05) is 28.8 Å². The number of aliphatic hydroxyl groups is 2. The highest BCUT2D eigenvalue weighted by Crippen LogP contribution is 2.22. The maximum absolute atomic E-state index is 11.8. The van der Waals surface area contributed by atoms with Crippen LogP contribution < -0.4 is 0 Å². The molecule has 3 aromatic rings. The van der Waals surface area contributed by atoms with Crippen molar-refractivity contribution in [2.75, 3.05) is 6.61 Å². The van der Waals surface area contributed by atoms with Crippen LogP contribution in [0.4, 0.5) is 0 Å². The van der Waals surface area contributed by atoms with Crippen LogP contribution in [0.3, 0.4) is 0 Å². The zero-order chi connectivity index (χ0) is 16.4. The third-order valence-electron chi connectivity index (χ3n) is 3.56. The average molecular weight is 315 g/mol. The number of benzene rings is 1. The van der Waals surface area contributed by atoms with Gasteiger partial charge in [0.15, 0.2) is 11.6 Å². The molecule has 0 saturated heterocycles. The molecule has 0 fully saturated rings. The SMILES string of the molecule is CC(=O)c1cn(Cc2nnn(CC(O)CO)n2)c2ccccc12. The minimum absolute atomic E-state index is 0.00244. The molecule has 0 bridgehead atoms. The van der Waals surface area contributed by atoms with E-state index < -0.39 is 6.10 Å². The average Bonchev–Trinajstić information content (AvgIpc) is 3.13. The molecule has 0 aliphatic carbocycles. The molecule has 8 nitrogen and oxygen atoms in total. The molecule has 2 heterocycles. The van der Waals surface area contributed by atoms with Crippen LogP contribution in [0.2, 0.25) is 0 Å². The monoisotopic (exact) mass is 315 g/mol. The van der Waals surface area contributed by atoms with Gasteiger partial charge in [-0.3, -0.25) is 4.79 Å². The summed E-state index contributed by atoms with van der Waals surface area (Å²) in [5, 5.41) is 31.1. The number of tetrazole rings is 1. The zero-order valence-electron chi connectivity index (χ0n) is 12.6. The first-order valence-corrected chi connectivity index (χ1v) is 7.23. The molecule has 0 amide bonds. The predicted molar refractivity (Wildman–Crippen MR) is 82.0 cm³/mol. The second kappa shape index (κ2) is 6.27. The van der Waals surface area contributed by atoms with E-state index in [4.69, 9.17) is 5.11 Å². The Bertz CT molecular complexity index is 839. The largest absolute Gasteiger partial charge is 0.394 e. The number of para-hydroxylation sites is 1. The van der Waals surface area contributed by atoms with Crippen LogP contribution in [-0.2, 0) is 13.1 Å². The van der Waals surface area contributed by atoms with E-state index in [-0.39, 0.29) is 18.9 Å². The van der Waals surface area contributed by atoms with E-state index in [0.29, 0.717) is 17.9 Å². The number of carbonyl (C=O) groups is 1. The van der Waals surface area contributed by atoms with Crippen LogP contribution in [-0.4, -0.2) is 53.5 Å². The van der Waals surface area contributed by atoms with Gasteiger partial charge in [-0.25, -0.2) is 0 Å². The highest BCUT2D eigenvalue weighted by molar-refractivity contribution is 6.06. The smallest absolute Gasteiger partial charge is 0.194 e. The van der Waals surface area contributed by atoms with Crippen molar-refractivity contribution in [2.24, 2.45) is 0 Å². The van der Waals surface area contributed by atoms with Crippen LogP contribution >= 0.6 is 0 Å². The molecule has 1 unspecified atom stereocenters. The number of nitrogens with zero attached hydrogens (tertiary/aromatic N) is 5. The summed E-state index contributed by atoms with van der Waals surface area (Å²) in [5.41, 5.74) is 1.58. The third kappa shape index (κ3) is 3.13. The fraction of sp³-hybridized carbons (Fsp3) is 0.333. The van der Waals surface area contributed by atoms with Gasteiger partial charge in [-0.1, -0.05) is 18.2 Å². The summed E-state index contributed by atoms with van der Waals surface area (Å²) in [6.07, 6.45) is 0.866. The molecule has 2 aromatic heterocycles. The van der Waals surface area contributed by atoms with Crippen LogP contribution in [0.15, 0.2) is 30.5 Å². The maximum Gasteiger partial charge on any atom is 0.194 e. The summed E-state index contributed by atoms with van der Waals surface area (Å²) >= 11 is 0. The standard InChI is InChI=1S/C15H17N5O3/c1-10(22)13-7-19(14-5-3-2-4-12(13)14)8-15-16-18-20(17-15)6-11(23)9-21/h2-5,7,11,21,23H,6,8-9H2,1H3. The van der Waals surface area contributed by atoms with E-state index in [2.05, 4.69) is 15.4 Å². The number of fused-ring (bicyclic) bond motifs is 1. The van der Waals surface area contributed by atoms with Crippen LogP contribution in [0.25, 0.3) is 10.9 Å². The molecule has 0 spiro atoms. The van der Waals surface area contributed by atoms with Gasteiger partial charge in [-0.15, -0.1) is 10.2 Å². The first-order valence-electron chi connectivity index (χ1n) is 7.23. The highest BCUT2D eigenvalue weighted by atomic mass is 16.3. The van der Waals surface area contributed by atoms with Crippen LogP contribution in [0.1, 0.15) is 23.1 Å².